The highest BCUT2D eigenvalue weighted by Gasteiger charge is 2.21. The van der Waals surface area contributed by atoms with Crippen molar-refractivity contribution in [1.82, 2.24) is 15.2 Å². The number of amides is 1. The lowest BCUT2D eigenvalue weighted by Crippen LogP contribution is -2.39. The largest absolute Gasteiger partial charge is 0.474 e. The van der Waals surface area contributed by atoms with E-state index in [1.54, 1.807) is 6.20 Å². The lowest BCUT2D eigenvalue weighted by molar-refractivity contribution is -0.121. The molecule has 1 aliphatic rings. The van der Waals surface area contributed by atoms with Crippen LogP contribution in [0.3, 0.4) is 0 Å². The summed E-state index contributed by atoms with van der Waals surface area (Å²) >= 11 is 0. The second-order valence-electron chi connectivity index (χ2n) is 9.14. The Hall–Kier alpha value is -2.40. The zero-order chi connectivity index (χ0) is 22.1. The van der Waals surface area contributed by atoms with Crippen LogP contribution in [0.5, 0.6) is 5.88 Å². The molecule has 2 heterocycles. The number of likely N-dealkylation sites (tertiary alicyclic amines) is 1. The molecule has 0 radical (unpaired) electrons. The van der Waals surface area contributed by atoms with E-state index in [1.807, 2.05) is 26.0 Å². The van der Waals surface area contributed by atoms with Crippen LogP contribution in [0.15, 0.2) is 48.7 Å². The Morgan fingerprint density at radius 3 is 2.52 bits per heavy atom. The predicted molar refractivity (Wildman–Crippen MR) is 125 cm³/mol. The lowest BCUT2D eigenvalue weighted by atomic mass is 9.97. The second kappa shape index (κ2) is 11.8. The molecule has 168 valence electrons. The molecule has 1 fully saturated rings. The van der Waals surface area contributed by atoms with Crippen molar-refractivity contribution in [2.24, 2.45) is 5.92 Å². The van der Waals surface area contributed by atoms with Crippen LogP contribution in [0.1, 0.15) is 63.5 Å². The molecule has 1 unspecified atom stereocenters. The van der Waals surface area contributed by atoms with Gasteiger partial charge in [-0.1, -0.05) is 57.2 Å². The van der Waals surface area contributed by atoms with Gasteiger partial charge in [-0.3, -0.25) is 4.79 Å². The van der Waals surface area contributed by atoms with Crippen LogP contribution in [-0.2, 0) is 11.3 Å². The van der Waals surface area contributed by atoms with Crippen molar-refractivity contribution in [1.29, 1.82) is 0 Å². The normalized spacial score (nSPS) is 16.3. The van der Waals surface area contributed by atoms with Gasteiger partial charge in [0, 0.05) is 38.3 Å². The summed E-state index contributed by atoms with van der Waals surface area (Å²) in [6.45, 7) is 10.2. The maximum absolute atomic E-state index is 11.8. The highest BCUT2D eigenvalue weighted by atomic mass is 16.5. The first-order chi connectivity index (χ1) is 15.0. The van der Waals surface area contributed by atoms with E-state index in [1.165, 1.54) is 12.0 Å². The van der Waals surface area contributed by atoms with E-state index < -0.39 is 0 Å². The van der Waals surface area contributed by atoms with Gasteiger partial charge in [0.25, 0.3) is 0 Å². The third-order valence-corrected chi connectivity index (χ3v) is 5.95. The van der Waals surface area contributed by atoms with Crippen LogP contribution in [0.25, 0.3) is 0 Å². The minimum Gasteiger partial charge on any atom is -0.474 e. The Kier molecular flexibility index (Phi) is 8.89. The first-order valence-electron chi connectivity index (χ1n) is 11.6. The molecule has 0 spiro atoms. The molecule has 0 aliphatic carbocycles. The monoisotopic (exact) mass is 423 g/mol. The number of hydrogen-bond donors (Lipinski definition) is 1. The van der Waals surface area contributed by atoms with E-state index in [4.69, 9.17) is 4.74 Å². The smallest absolute Gasteiger partial charge is 0.220 e. The molecule has 2 aromatic rings. The quantitative estimate of drug-likeness (QED) is 0.597. The highest BCUT2D eigenvalue weighted by molar-refractivity contribution is 5.76. The Morgan fingerprint density at radius 1 is 1.13 bits per heavy atom. The van der Waals surface area contributed by atoms with Crippen molar-refractivity contribution >= 4 is 5.91 Å². The number of hydrogen-bond acceptors (Lipinski definition) is 4. The molecule has 1 amide bonds. The summed E-state index contributed by atoms with van der Waals surface area (Å²) in [6.07, 6.45) is 5.84. The van der Waals surface area contributed by atoms with E-state index >= 15 is 0 Å². The van der Waals surface area contributed by atoms with Gasteiger partial charge in [-0.05, 0) is 48.8 Å². The number of nitrogens with zero attached hydrogens (tertiary/aromatic N) is 2. The molecule has 5 nitrogen and oxygen atoms in total. The lowest BCUT2D eigenvalue weighted by Gasteiger charge is -2.32. The SMILES string of the molecule is CC(C)CC(=O)NCc1ccc(OC2CCN(CCC(C)c3ccccc3)CC2)nc1. The molecule has 0 bridgehead atoms. The summed E-state index contributed by atoms with van der Waals surface area (Å²) in [5.41, 5.74) is 2.42. The number of ether oxygens (including phenoxy) is 1. The van der Waals surface area contributed by atoms with Crippen LogP contribution in [0.2, 0.25) is 0 Å². The molecule has 1 aliphatic heterocycles. The highest BCUT2D eigenvalue weighted by Crippen LogP contribution is 2.22. The van der Waals surface area contributed by atoms with E-state index in [9.17, 15) is 4.79 Å². The molecule has 1 saturated heterocycles. The Morgan fingerprint density at radius 2 is 1.87 bits per heavy atom. The first-order valence-corrected chi connectivity index (χ1v) is 11.6. The van der Waals surface area contributed by atoms with E-state index in [2.05, 4.69) is 52.5 Å². The minimum atomic E-state index is 0.0836. The van der Waals surface area contributed by atoms with Crippen molar-refractivity contribution in [2.45, 2.75) is 65.0 Å². The molecular formula is C26H37N3O2. The number of carbonyl (C=O) groups excluding carboxylic acids is 1. The van der Waals surface area contributed by atoms with Gasteiger partial charge in [-0.15, -0.1) is 0 Å². The van der Waals surface area contributed by atoms with Crippen molar-refractivity contribution in [3.05, 3.63) is 59.8 Å². The summed E-state index contributed by atoms with van der Waals surface area (Å²) in [7, 11) is 0. The number of rotatable bonds is 10. The van der Waals surface area contributed by atoms with E-state index in [0.717, 1.165) is 38.0 Å². The predicted octanol–water partition coefficient (Wildman–Crippen LogP) is 4.78. The third kappa shape index (κ3) is 7.98. The Balaban J connectivity index is 1.35. The summed E-state index contributed by atoms with van der Waals surface area (Å²) < 4.78 is 6.11. The van der Waals surface area contributed by atoms with Gasteiger partial charge in [0.15, 0.2) is 0 Å². The summed E-state index contributed by atoms with van der Waals surface area (Å²) in [6, 6.07) is 14.7. The van der Waals surface area contributed by atoms with Gasteiger partial charge < -0.3 is 15.0 Å². The van der Waals surface area contributed by atoms with Gasteiger partial charge in [-0.25, -0.2) is 4.98 Å². The number of carbonyl (C=O) groups is 1. The molecule has 1 aromatic carbocycles. The molecular weight excluding hydrogens is 386 g/mol. The zero-order valence-electron chi connectivity index (χ0n) is 19.2. The molecule has 0 saturated carbocycles. The fraction of sp³-hybridized carbons (Fsp3) is 0.538. The zero-order valence-corrected chi connectivity index (χ0v) is 19.2. The van der Waals surface area contributed by atoms with E-state index in [0.29, 0.717) is 30.7 Å². The fourth-order valence-electron chi connectivity index (χ4n) is 3.97. The average Bonchev–Trinajstić information content (AvgIpc) is 2.78. The van der Waals surface area contributed by atoms with Gasteiger partial charge in [-0.2, -0.15) is 0 Å². The standard InChI is InChI=1S/C26H37N3O2/c1-20(2)17-25(30)27-18-22-9-10-26(28-19-22)31-24-12-15-29(16-13-24)14-11-21(3)23-7-5-4-6-8-23/h4-10,19-21,24H,11-18H2,1-3H3,(H,27,30). The summed E-state index contributed by atoms with van der Waals surface area (Å²) in [5, 5.41) is 2.94. The van der Waals surface area contributed by atoms with E-state index in [-0.39, 0.29) is 12.0 Å². The van der Waals surface area contributed by atoms with Crippen molar-refractivity contribution in [3.63, 3.8) is 0 Å². The maximum Gasteiger partial charge on any atom is 0.220 e. The third-order valence-electron chi connectivity index (χ3n) is 5.95. The number of aromatic nitrogens is 1. The van der Waals surface area contributed by atoms with Crippen LogP contribution in [0, 0.1) is 5.92 Å². The number of pyridine rings is 1. The minimum absolute atomic E-state index is 0.0836. The van der Waals surface area contributed by atoms with Gasteiger partial charge in [0.2, 0.25) is 11.8 Å². The number of nitrogens with one attached hydrogen (secondary N) is 1. The molecule has 1 atom stereocenters. The number of benzene rings is 1. The molecule has 31 heavy (non-hydrogen) atoms. The summed E-state index contributed by atoms with van der Waals surface area (Å²) in [5.74, 6) is 1.72. The second-order valence-corrected chi connectivity index (χ2v) is 9.14. The Bertz CT molecular complexity index is 784. The molecule has 3 rings (SSSR count). The molecule has 1 N–H and O–H groups in total. The summed E-state index contributed by atoms with van der Waals surface area (Å²) in [4.78, 5) is 18.8. The van der Waals surface area contributed by atoms with Crippen LogP contribution in [-0.4, -0.2) is 41.5 Å². The van der Waals surface area contributed by atoms with Crippen LogP contribution in [0.4, 0.5) is 0 Å². The van der Waals surface area contributed by atoms with Gasteiger partial charge in [0.05, 0.1) is 0 Å². The van der Waals surface area contributed by atoms with Gasteiger partial charge >= 0.3 is 0 Å². The topological polar surface area (TPSA) is 54.5 Å². The van der Waals surface area contributed by atoms with Crippen LogP contribution < -0.4 is 10.1 Å². The first kappa shape index (κ1) is 23.3. The average molecular weight is 424 g/mol. The Labute approximate surface area is 187 Å². The van der Waals surface area contributed by atoms with Gasteiger partial charge in [0.1, 0.15) is 6.10 Å². The molecule has 5 heteroatoms. The molecule has 1 aromatic heterocycles. The van der Waals surface area contributed by atoms with Crippen LogP contribution >= 0.6 is 0 Å². The van der Waals surface area contributed by atoms with Crippen molar-refractivity contribution in [2.75, 3.05) is 19.6 Å². The van der Waals surface area contributed by atoms with Crippen molar-refractivity contribution in [3.8, 4) is 5.88 Å². The number of piperidine rings is 1. The maximum atomic E-state index is 11.8. The fourth-order valence-corrected chi connectivity index (χ4v) is 3.97. The van der Waals surface area contributed by atoms with Crippen molar-refractivity contribution < 1.29 is 9.53 Å².